The highest BCUT2D eigenvalue weighted by molar-refractivity contribution is 6.30. The molecule has 0 spiro atoms. The van der Waals surface area contributed by atoms with Gasteiger partial charge in [-0.25, -0.2) is 0 Å². The Morgan fingerprint density at radius 1 is 1.16 bits per heavy atom. The number of carbonyl (C=O) groups is 1. The van der Waals surface area contributed by atoms with Gasteiger partial charge in [0.1, 0.15) is 6.61 Å². The SMILES string of the molecule is CC(COCC(=O)NC1CC(c2ccc(Cl)cc2)C1)c1ccccc1. The van der Waals surface area contributed by atoms with Crippen molar-refractivity contribution in [3.8, 4) is 0 Å². The van der Waals surface area contributed by atoms with E-state index in [1.165, 1.54) is 11.1 Å². The van der Waals surface area contributed by atoms with Gasteiger partial charge in [0.25, 0.3) is 0 Å². The fourth-order valence-corrected chi connectivity index (χ4v) is 3.34. The smallest absolute Gasteiger partial charge is 0.246 e. The standard InChI is InChI=1S/C21H24ClNO2/c1-15(16-5-3-2-4-6-16)13-25-14-21(24)23-20-11-18(12-20)17-7-9-19(22)10-8-17/h2-10,15,18,20H,11-14H2,1H3,(H,23,24). The van der Waals surface area contributed by atoms with Crippen LogP contribution in [0.4, 0.5) is 0 Å². The molecule has 2 aromatic rings. The van der Waals surface area contributed by atoms with E-state index >= 15 is 0 Å². The quantitative estimate of drug-likeness (QED) is 0.791. The molecule has 0 radical (unpaired) electrons. The zero-order valence-corrected chi connectivity index (χ0v) is 15.2. The van der Waals surface area contributed by atoms with Gasteiger partial charge in [-0.05, 0) is 42.0 Å². The average molecular weight is 358 g/mol. The topological polar surface area (TPSA) is 38.3 Å². The van der Waals surface area contributed by atoms with E-state index in [1.54, 1.807) is 0 Å². The molecular formula is C21H24ClNO2. The minimum Gasteiger partial charge on any atom is -0.371 e. The van der Waals surface area contributed by atoms with Crippen LogP contribution in [0.25, 0.3) is 0 Å². The molecule has 0 saturated heterocycles. The predicted octanol–water partition coefficient (Wildman–Crippen LogP) is 4.52. The van der Waals surface area contributed by atoms with Crippen molar-refractivity contribution in [1.82, 2.24) is 5.32 Å². The Hall–Kier alpha value is -1.84. The second-order valence-corrected chi connectivity index (χ2v) is 7.25. The maximum atomic E-state index is 12.0. The van der Waals surface area contributed by atoms with Gasteiger partial charge in [-0.2, -0.15) is 0 Å². The van der Waals surface area contributed by atoms with Gasteiger partial charge >= 0.3 is 0 Å². The van der Waals surface area contributed by atoms with Gasteiger partial charge in [-0.15, -0.1) is 0 Å². The maximum Gasteiger partial charge on any atom is 0.246 e. The first-order chi connectivity index (χ1) is 12.1. The van der Waals surface area contributed by atoms with Crippen molar-refractivity contribution in [1.29, 1.82) is 0 Å². The third kappa shape index (κ3) is 5.07. The molecule has 0 heterocycles. The lowest BCUT2D eigenvalue weighted by atomic mass is 9.76. The molecule has 1 aliphatic carbocycles. The van der Waals surface area contributed by atoms with Gasteiger partial charge in [0.2, 0.25) is 5.91 Å². The highest BCUT2D eigenvalue weighted by Gasteiger charge is 2.31. The lowest BCUT2D eigenvalue weighted by molar-refractivity contribution is -0.127. The molecule has 1 amide bonds. The number of benzene rings is 2. The van der Waals surface area contributed by atoms with Crippen molar-refractivity contribution in [2.45, 2.75) is 37.6 Å². The molecule has 0 aromatic heterocycles. The van der Waals surface area contributed by atoms with Crippen LogP contribution in [-0.4, -0.2) is 25.2 Å². The zero-order valence-electron chi connectivity index (χ0n) is 14.5. The Morgan fingerprint density at radius 3 is 2.52 bits per heavy atom. The highest BCUT2D eigenvalue weighted by Crippen LogP contribution is 2.37. The van der Waals surface area contributed by atoms with Crippen molar-refractivity contribution in [3.05, 3.63) is 70.7 Å². The van der Waals surface area contributed by atoms with Gasteiger partial charge in [0.15, 0.2) is 0 Å². The van der Waals surface area contributed by atoms with Crippen molar-refractivity contribution >= 4 is 17.5 Å². The molecule has 132 valence electrons. The fourth-order valence-electron chi connectivity index (χ4n) is 3.22. The third-order valence-corrected chi connectivity index (χ3v) is 5.07. The Kier molecular flexibility index (Phi) is 6.11. The summed E-state index contributed by atoms with van der Waals surface area (Å²) < 4.78 is 5.58. The summed E-state index contributed by atoms with van der Waals surface area (Å²) in [5.41, 5.74) is 2.52. The van der Waals surface area contributed by atoms with Crippen molar-refractivity contribution in [2.24, 2.45) is 0 Å². The molecule has 1 fully saturated rings. The summed E-state index contributed by atoms with van der Waals surface area (Å²) in [5.74, 6) is 0.772. The molecule has 1 saturated carbocycles. The molecule has 3 rings (SSSR count). The van der Waals surface area contributed by atoms with Crippen LogP contribution in [0.2, 0.25) is 5.02 Å². The minimum absolute atomic E-state index is 0.0279. The summed E-state index contributed by atoms with van der Waals surface area (Å²) in [7, 11) is 0. The molecule has 25 heavy (non-hydrogen) atoms. The number of amides is 1. The van der Waals surface area contributed by atoms with Crippen LogP contribution >= 0.6 is 11.6 Å². The third-order valence-electron chi connectivity index (χ3n) is 4.81. The number of hydrogen-bond acceptors (Lipinski definition) is 2. The summed E-state index contributed by atoms with van der Waals surface area (Å²) in [6, 6.07) is 18.4. The van der Waals surface area contributed by atoms with E-state index in [-0.39, 0.29) is 24.5 Å². The largest absolute Gasteiger partial charge is 0.371 e. The zero-order chi connectivity index (χ0) is 17.6. The number of nitrogens with one attached hydrogen (secondary N) is 1. The van der Waals surface area contributed by atoms with Gasteiger partial charge in [-0.1, -0.05) is 61.0 Å². The normalized spacial score (nSPS) is 20.6. The average Bonchev–Trinajstić information content (AvgIpc) is 2.59. The van der Waals surface area contributed by atoms with E-state index in [1.807, 2.05) is 30.3 Å². The van der Waals surface area contributed by atoms with Crippen LogP contribution in [0, 0.1) is 0 Å². The summed E-state index contributed by atoms with van der Waals surface area (Å²) in [6.07, 6.45) is 1.96. The number of rotatable bonds is 7. The lowest BCUT2D eigenvalue weighted by Gasteiger charge is -2.36. The first-order valence-corrected chi connectivity index (χ1v) is 9.17. The van der Waals surface area contributed by atoms with Crippen LogP contribution in [0.5, 0.6) is 0 Å². The maximum absolute atomic E-state index is 12.0. The molecule has 1 atom stereocenters. The molecule has 0 bridgehead atoms. The summed E-state index contributed by atoms with van der Waals surface area (Å²) in [4.78, 5) is 12.0. The van der Waals surface area contributed by atoms with Gasteiger partial charge in [-0.3, -0.25) is 4.79 Å². The van der Waals surface area contributed by atoms with Gasteiger partial charge in [0.05, 0.1) is 6.61 Å². The Bertz CT molecular complexity index is 681. The molecule has 2 aromatic carbocycles. The van der Waals surface area contributed by atoms with Crippen LogP contribution in [-0.2, 0) is 9.53 Å². The summed E-state index contributed by atoms with van der Waals surface area (Å²) in [5, 5.41) is 3.81. The van der Waals surface area contributed by atoms with Crippen molar-refractivity contribution in [3.63, 3.8) is 0 Å². The van der Waals surface area contributed by atoms with E-state index in [2.05, 4.69) is 36.5 Å². The van der Waals surface area contributed by atoms with Gasteiger partial charge < -0.3 is 10.1 Å². The Labute approximate surface area is 154 Å². The van der Waals surface area contributed by atoms with E-state index < -0.39 is 0 Å². The second-order valence-electron chi connectivity index (χ2n) is 6.81. The van der Waals surface area contributed by atoms with Crippen LogP contribution in [0.15, 0.2) is 54.6 Å². The Morgan fingerprint density at radius 2 is 1.84 bits per heavy atom. The monoisotopic (exact) mass is 357 g/mol. The molecule has 4 heteroatoms. The van der Waals surface area contributed by atoms with Crippen LogP contribution < -0.4 is 5.32 Å². The predicted molar refractivity (Wildman–Crippen MR) is 101 cm³/mol. The molecular weight excluding hydrogens is 334 g/mol. The van der Waals surface area contributed by atoms with Crippen LogP contribution in [0.1, 0.15) is 42.7 Å². The number of halogens is 1. The summed E-state index contributed by atoms with van der Waals surface area (Å²) in [6.45, 7) is 2.78. The fraction of sp³-hybridized carbons (Fsp3) is 0.381. The number of carbonyl (C=O) groups excluding carboxylic acids is 1. The van der Waals surface area contributed by atoms with E-state index in [0.717, 1.165) is 17.9 Å². The number of ether oxygens (including phenoxy) is 1. The molecule has 1 N–H and O–H groups in total. The minimum atomic E-state index is -0.0279. The number of hydrogen-bond donors (Lipinski definition) is 1. The van der Waals surface area contributed by atoms with Gasteiger partial charge in [0, 0.05) is 17.0 Å². The first kappa shape index (κ1) is 18.0. The van der Waals surface area contributed by atoms with E-state index in [4.69, 9.17) is 16.3 Å². The second kappa shape index (κ2) is 8.50. The molecule has 1 aliphatic rings. The summed E-state index contributed by atoms with van der Waals surface area (Å²) >= 11 is 5.91. The Balaban J connectivity index is 1.33. The van der Waals surface area contributed by atoms with E-state index in [9.17, 15) is 4.79 Å². The van der Waals surface area contributed by atoms with Crippen molar-refractivity contribution in [2.75, 3.05) is 13.2 Å². The first-order valence-electron chi connectivity index (χ1n) is 8.79. The highest BCUT2D eigenvalue weighted by atomic mass is 35.5. The molecule has 3 nitrogen and oxygen atoms in total. The van der Waals surface area contributed by atoms with E-state index in [0.29, 0.717) is 12.5 Å². The van der Waals surface area contributed by atoms with Crippen molar-refractivity contribution < 1.29 is 9.53 Å². The molecule has 1 unspecified atom stereocenters. The lowest BCUT2D eigenvalue weighted by Crippen LogP contribution is -2.44. The van der Waals surface area contributed by atoms with Crippen LogP contribution in [0.3, 0.4) is 0 Å². The molecule has 0 aliphatic heterocycles.